The first kappa shape index (κ1) is 12.4. The van der Waals surface area contributed by atoms with E-state index in [1.165, 1.54) is 6.07 Å². The van der Waals surface area contributed by atoms with E-state index in [0.29, 0.717) is 23.7 Å². The molecule has 3 N–H and O–H groups in total. The molecule has 0 saturated carbocycles. The average molecular weight is 249 g/mol. The maximum Gasteiger partial charge on any atom is 0.258 e. The highest BCUT2D eigenvalue weighted by Gasteiger charge is 2.12. The number of phenols is 1. The second-order valence-corrected chi connectivity index (χ2v) is 4.04. The van der Waals surface area contributed by atoms with Gasteiger partial charge in [0.1, 0.15) is 5.75 Å². The lowest BCUT2D eigenvalue weighted by Gasteiger charge is -2.04. The van der Waals surface area contributed by atoms with Gasteiger partial charge < -0.3 is 20.1 Å². The standard InChI is InChI=1S/C12H15N3O3/c1-7(17-2)5-11-14-12(18-15-11)8-3-4-10(16)9(13)6-8/h3-4,6-7,16H,5,13H2,1-2H3. The Balaban J connectivity index is 2.21. The number of phenolic OH excluding ortho intramolecular Hbond substituents is 1. The summed E-state index contributed by atoms with van der Waals surface area (Å²) in [7, 11) is 1.63. The lowest BCUT2D eigenvalue weighted by molar-refractivity contribution is 0.116. The zero-order valence-corrected chi connectivity index (χ0v) is 10.3. The van der Waals surface area contributed by atoms with E-state index in [1.807, 2.05) is 6.92 Å². The minimum atomic E-state index is 0.0281. The summed E-state index contributed by atoms with van der Waals surface area (Å²) < 4.78 is 10.3. The summed E-state index contributed by atoms with van der Waals surface area (Å²) in [5, 5.41) is 13.2. The monoisotopic (exact) mass is 249 g/mol. The van der Waals surface area contributed by atoms with Crippen molar-refractivity contribution in [3.8, 4) is 17.2 Å². The van der Waals surface area contributed by atoms with Gasteiger partial charge >= 0.3 is 0 Å². The molecule has 96 valence electrons. The summed E-state index contributed by atoms with van der Waals surface area (Å²) in [5.41, 5.74) is 6.56. The van der Waals surface area contributed by atoms with Crippen LogP contribution in [0.15, 0.2) is 22.7 Å². The number of aromatic nitrogens is 2. The van der Waals surface area contributed by atoms with Crippen LogP contribution in [0.5, 0.6) is 5.75 Å². The van der Waals surface area contributed by atoms with Crippen LogP contribution in [0.25, 0.3) is 11.5 Å². The summed E-state index contributed by atoms with van der Waals surface area (Å²) in [6.07, 6.45) is 0.605. The van der Waals surface area contributed by atoms with Crippen molar-refractivity contribution < 1.29 is 14.4 Å². The van der Waals surface area contributed by atoms with Crippen molar-refractivity contribution in [2.24, 2.45) is 0 Å². The second kappa shape index (κ2) is 5.05. The molecule has 18 heavy (non-hydrogen) atoms. The lowest BCUT2D eigenvalue weighted by Crippen LogP contribution is -2.09. The molecule has 6 heteroatoms. The van der Waals surface area contributed by atoms with Crippen LogP contribution in [-0.2, 0) is 11.2 Å². The summed E-state index contributed by atoms with van der Waals surface area (Å²) in [5.74, 6) is 0.984. The minimum absolute atomic E-state index is 0.0281. The first-order valence-corrected chi connectivity index (χ1v) is 5.54. The smallest absolute Gasteiger partial charge is 0.258 e. The van der Waals surface area contributed by atoms with Gasteiger partial charge in [-0.15, -0.1) is 0 Å². The summed E-state index contributed by atoms with van der Waals surface area (Å²) in [6, 6.07) is 4.75. The van der Waals surface area contributed by atoms with Gasteiger partial charge in [-0.3, -0.25) is 0 Å². The third-order valence-corrected chi connectivity index (χ3v) is 2.61. The van der Waals surface area contributed by atoms with E-state index < -0.39 is 0 Å². The summed E-state index contributed by atoms with van der Waals surface area (Å²) in [6.45, 7) is 1.93. The predicted molar refractivity (Wildman–Crippen MR) is 66.0 cm³/mol. The zero-order chi connectivity index (χ0) is 13.1. The first-order chi connectivity index (χ1) is 8.60. The molecule has 0 saturated heterocycles. The van der Waals surface area contributed by atoms with Gasteiger partial charge in [-0.25, -0.2) is 0 Å². The Labute approximate surface area is 104 Å². The quantitative estimate of drug-likeness (QED) is 0.631. The first-order valence-electron chi connectivity index (χ1n) is 5.54. The molecule has 1 unspecified atom stereocenters. The van der Waals surface area contributed by atoms with Gasteiger partial charge in [0.2, 0.25) is 0 Å². The molecule has 1 heterocycles. The fourth-order valence-corrected chi connectivity index (χ4v) is 1.48. The molecule has 0 amide bonds. The normalized spacial score (nSPS) is 12.6. The van der Waals surface area contributed by atoms with E-state index in [-0.39, 0.29) is 17.5 Å². The number of ether oxygens (including phenoxy) is 1. The molecule has 0 aliphatic carbocycles. The molecule has 0 bridgehead atoms. The summed E-state index contributed by atoms with van der Waals surface area (Å²) >= 11 is 0. The molecule has 6 nitrogen and oxygen atoms in total. The van der Waals surface area contributed by atoms with Gasteiger partial charge in [-0.05, 0) is 25.1 Å². The molecule has 1 aromatic heterocycles. The highest BCUT2D eigenvalue weighted by Crippen LogP contribution is 2.26. The van der Waals surface area contributed by atoms with Crippen molar-refractivity contribution in [2.45, 2.75) is 19.4 Å². The molecule has 1 atom stereocenters. The Morgan fingerprint density at radius 3 is 2.94 bits per heavy atom. The van der Waals surface area contributed by atoms with Gasteiger partial charge in [-0.2, -0.15) is 4.98 Å². The molecule has 1 aromatic carbocycles. The molecule has 0 fully saturated rings. The SMILES string of the molecule is COC(C)Cc1noc(-c2ccc(O)c(N)c2)n1. The number of methoxy groups -OCH3 is 1. The van der Waals surface area contributed by atoms with Crippen molar-refractivity contribution >= 4 is 5.69 Å². The van der Waals surface area contributed by atoms with Crippen molar-refractivity contribution in [2.75, 3.05) is 12.8 Å². The summed E-state index contributed by atoms with van der Waals surface area (Å²) in [4.78, 5) is 4.24. The minimum Gasteiger partial charge on any atom is -0.506 e. The number of nitrogens with zero attached hydrogens (tertiary/aromatic N) is 2. The van der Waals surface area contributed by atoms with E-state index in [1.54, 1.807) is 19.2 Å². The van der Waals surface area contributed by atoms with Gasteiger partial charge in [0, 0.05) is 19.1 Å². The molecule has 2 rings (SSSR count). The number of anilines is 1. The van der Waals surface area contributed by atoms with Crippen LogP contribution in [0.2, 0.25) is 0 Å². The van der Waals surface area contributed by atoms with Gasteiger partial charge in [0.15, 0.2) is 5.82 Å². The number of nitrogens with two attached hydrogens (primary N) is 1. The number of hydrogen-bond acceptors (Lipinski definition) is 6. The van der Waals surface area contributed by atoms with Crippen LogP contribution in [0.4, 0.5) is 5.69 Å². The number of nitrogen functional groups attached to an aromatic ring is 1. The molecular weight excluding hydrogens is 234 g/mol. The third-order valence-electron chi connectivity index (χ3n) is 2.61. The third kappa shape index (κ3) is 2.60. The second-order valence-electron chi connectivity index (χ2n) is 4.04. The van der Waals surface area contributed by atoms with Gasteiger partial charge in [0.25, 0.3) is 5.89 Å². The van der Waals surface area contributed by atoms with Crippen LogP contribution in [0.1, 0.15) is 12.7 Å². The van der Waals surface area contributed by atoms with Crippen molar-refractivity contribution in [1.82, 2.24) is 10.1 Å². The fourth-order valence-electron chi connectivity index (χ4n) is 1.48. The number of aromatic hydroxyl groups is 1. The van der Waals surface area contributed by atoms with Crippen molar-refractivity contribution in [1.29, 1.82) is 0 Å². The number of hydrogen-bond donors (Lipinski definition) is 2. The van der Waals surface area contributed by atoms with E-state index in [4.69, 9.17) is 15.0 Å². The molecule has 0 aliphatic rings. The maximum absolute atomic E-state index is 9.34. The topological polar surface area (TPSA) is 94.4 Å². The van der Waals surface area contributed by atoms with E-state index >= 15 is 0 Å². The highest BCUT2D eigenvalue weighted by atomic mass is 16.5. The average Bonchev–Trinajstić information content (AvgIpc) is 2.81. The van der Waals surface area contributed by atoms with Crippen molar-refractivity contribution in [3.63, 3.8) is 0 Å². The van der Waals surface area contributed by atoms with Crippen LogP contribution < -0.4 is 5.73 Å². The van der Waals surface area contributed by atoms with E-state index in [0.717, 1.165) is 0 Å². The molecular formula is C12H15N3O3. The fraction of sp³-hybridized carbons (Fsp3) is 0.333. The Morgan fingerprint density at radius 2 is 2.28 bits per heavy atom. The lowest BCUT2D eigenvalue weighted by atomic mass is 10.2. The van der Waals surface area contributed by atoms with Gasteiger partial charge in [-0.1, -0.05) is 5.16 Å². The van der Waals surface area contributed by atoms with E-state index in [2.05, 4.69) is 10.1 Å². The molecule has 0 aliphatic heterocycles. The van der Waals surface area contributed by atoms with Crippen LogP contribution >= 0.6 is 0 Å². The van der Waals surface area contributed by atoms with Gasteiger partial charge in [0.05, 0.1) is 11.8 Å². The largest absolute Gasteiger partial charge is 0.506 e. The Bertz CT molecular complexity index is 539. The maximum atomic E-state index is 9.34. The van der Waals surface area contributed by atoms with Crippen LogP contribution in [-0.4, -0.2) is 28.5 Å². The number of benzene rings is 1. The molecule has 0 radical (unpaired) electrons. The highest BCUT2D eigenvalue weighted by molar-refractivity contribution is 5.64. The van der Waals surface area contributed by atoms with E-state index in [9.17, 15) is 5.11 Å². The van der Waals surface area contributed by atoms with Crippen molar-refractivity contribution in [3.05, 3.63) is 24.0 Å². The number of rotatable bonds is 4. The molecule has 2 aromatic rings. The Kier molecular flexibility index (Phi) is 3.47. The molecule has 0 spiro atoms. The Morgan fingerprint density at radius 1 is 1.50 bits per heavy atom. The van der Waals surface area contributed by atoms with Crippen LogP contribution in [0.3, 0.4) is 0 Å². The van der Waals surface area contributed by atoms with Crippen LogP contribution in [0, 0.1) is 0 Å². The Hall–Kier alpha value is -2.08. The zero-order valence-electron chi connectivity index (χ0n) is 10.3. The predicted octanol–water partition coefficient (Wildman–Crippen LogP) is 1.60.